The molecule has 0 spiro atoms. The van der Waals surface area contributed by atoms with Crippen LogP contribution in [0.5, 0.6) is 0 Å². The van der Waals surface area contributed by atoms with Gasteiger partial charge in [0.05, 0.1) is 6.42 Å². The van der Waals surface area contributed by atoms with Crippen molar-refractivity contribution in [1.82, 2.24) is 4.90 Å². The fourth-order valence-corrected chi connectivity index (χ4v) is 2.35. The molecule has 1 unspecified atom stereocenters. The molecule has 6 nitrogen and oxygen atoms in total. The van der Waals surface area contributed by atoms with Crippen LogP contribution in [0.3, 0.4) is 0 Å². The monoisotopic (exact) mass is 296 g/mol. The van der Waals surface area contributed by atoms with Crippen molar-refractivity contribution in [1.29, 1.82) is 0 Å². The zero-order valence-electron chi connectivity index (χ0n) is 10.7. The van der Waals surface area contributed by atoms with Gasteiger partial charge in [-0.15, -0.1) is 0 Å². The molecule has 106 valence electrons. The number of carbonyl (C=O) groups excluding carboxylic acids is 2. The van der Waals surface area contributed by atoms with Crippen molar-refractivity contribution in [2.24, 2.45) is 0 Å². The van der Waals surface area contributed by atoms with E-state index in [9.17, 15) is 14.4 Å². The predicted molar refractivity (Wildman–Crippen MR) is 72.6 cm³/mol. The fraction of sp³-hybridized carbons (Fsp3) is 0.308. The van der Waals surface area contributed by atoms with E-state index >= 15 is 0 Å². The van der Waals surface area contributed by atoms with Crippen molar-refractivity contribution >= 4 is 35.1 Å². The highest BCUT2D eigenvalue weighted by Gasteiger charge is 2.40. The molecule has 0 aliphatic carbocycles. The molecule has 0 radical (unpaired) electrons. The van der Waals surface area contributed by atoms with Crippen LogP contribution in [0.2, 0.25) is 5.02 Å². The minimum Gasteiger partial charge on any atom is -0.480 e. The van der Waals surface area contributed by atoms with Crippen LogP contribution in [0.4, 0.5) is 5.69 Å². The average Bonchev–Trinajstić information content (AvgIpc) is 2.63. The highest BCUT2D eigenvalue weighted by atomic mass is 35.5. The lowest BCUT2D eigenvalue weighted by Crippen LogP contribution is -2.44. The van der Waals surface area contributed by atoms with Gasteiger partial charge in [-0.2, -0.15) is 0 Å². The molecule has 2 rings (SSSR count). The first-order valence-electron chi connectivity index (χ1n) is 5.94. The maximum Gasteiger partial charge on any atom is 0.323 e. The number of imide groups is 1. The molecule has 20 heavy (non-hydrogen) atoms. The molecule has 1 aliphatic heterocycles. The van der Waals surface area contributed by atoms with Gasteiger partial charge < -0.3 is 10.0 Å². The van der Waals surface area contributed by atoms with Crippen LogP contribution in [0.15, 0.2) is 24.3 Å². The van der Waals surface area contributed by atoms with Gasteiger partial charge in [0.15, 0.2) is 0 Å². The Morgan fingerprint density at radius 2 is 2.20 bits per heavy atom. The van der Waals surface area contributed by atoms with Gasteiger partial charge in [-0.3, -0.25) is 19.3 Å². The van der Waals surface area contributed by atoms with E-state index in [2.05, 4.69) is 0 Å². The van der Waals surface area contributed by atoms with Crippen LogP contribution in [0, 0.1) is 0 Å². The zero-order valence-corrected chi connectivity index (χ0v) is 11.5. The van der Waals surface area contributed by atoms with Gasteiger partial charge >= 0.3 is 5.97 Å². The third-order valence-corrected chi connectivity index (χ3v) is 3.41. The molecule has 0 saturated carbocycles. The van der Waals surface area contributed by atoms with Crippen molar-refractivity contribution in [2.75, 3.05) is 18.5 Å². The first-order valence-corrected chi connectivity index (χ1v) is 6.32. The molecule has 1 aromatic carbocycles. The Kier molecular flexibility index (Phi) is 3.94. The number of hydrogen-bond donors (Lipinski definition) is 1. The van der Waals surface area contributed by atoms with Crippen LogP contribution in [0.25, 0.3) is 0 Å². The summed E-state index contributed by atoms with van der Waals surface area (Å²) in [5, 5.41) is 9.44. The Morgan fingerprint density at radius 1 is 1.50 bits per heavy atom. The van der Waals surface area contributed by atoms with E-state index < -0.39 is 17.9 Å². The maximum atomic E-state index is 12.0. The number of aliphatic carboxylic acids is 1. The Labute approximate surface area is 120 Å². The van der Waals surface area contributed by atoms with E-state index in [1.165, 1.54) is 11.9 Å². The van der Waals surface area contributed by atoms with Crippen molar-refractivity contribution in [3.05, 3.63) is 29.3 Å². The van der Waals surface area contributed by atoms with Crippen LogP contribution < -0.4 is 4.90 Å². The van der Waals surface area contributed by atoms with Gasteiger partial charge in [-0.25, -0.2) is 0 Å². The lowest BCUT2D eigenvalue weighted by atomic mass is 10.1. The Balaban J connectivity index is 2.36. The van der Waals surface area contributed by atoms with Crippen molar-refractivity contribution in [3.63, 3.8) is 0 Å². The summed E-state index contributed by atoms with van der Waals surface area (Å²) in [6.07, 6.45) is -0.0326. The molecular formula is C13H13ClN2O4. The third-order valence-electron chi connectivity index (χ3n) is 3.18. The molecule has 1 aromatic rings. The van der Waals surface area contributed by atoms with E-state index in [4.69, 9.17) is 16.7 Å². The smallest absolute Gasteiger partial charge is 0.323 e. The highest BCUT2D eigenvalue weighted by Crippen LogP contribution is 2.26. The topological polar surface area (TPSA) is 77.9 Å². The van der Waals surface area contributed by atoms with E-state index in [1.54, 1.807) is 24.3 Å². The minimum absolute atomic E-state index is 0.0326. The number of likely N-dealkylation sites (tertiary alicyclic amines) is 1. The van der Waals surface area contributed by atoms with E-state index in [0.29, 0.717) is 10.7 Å². The summed E-state index contributed by atoms with van der Waals surface area (Å²) < 4.78 is 0. The summed E-state index contributed by atoms with van der Waals surface area (Å²) in [5.41, 5.74) is 0.501. The lowest BCUT2D eigenvalue weighted by Gasteiger charge is -2.27. The normalized spacial score (nSPS) is 18.5. The van der Waals surface area contributed by atoms with Crippen molar-refractivity contribution in [2.45, 2.75) is 12.5 Å². The van der Waals surface area contributed by atoms with E-state index in [1.807, 2.05) is 0 Å². The summed E-state index contributed by atoms with van der Waals surface area (Å²) >= 11 is 5.89. The lowest BCUT2D eigenvalue weighted by molar-refractivity contribution is -0.136. The highest BCUT2D eigenvalue weighted by molar-refractivity contribution is 6.30. The van der Waals surface area contributed by atoms with Gasteiger partial charge in [0, 0.05) is 17.8 Å². The number of carboxylic acid groups (broad SMARTS) is 1. The second-order valence-corrected chi connectivity index (χ2v) is 4.95. The minimum atomic E-state index is -1.08. The van der Waals surface area contributed by atoms with Crippen LogP contribution in [-0.4, -0.2) is 47.4 Å². The molecule has 2 amide bonds. The van der Waals surface area contributed by atoms with Crippen molar-refractivity contribution < 1.29 is 19.5 Å². The van der Waals surface area contributed by atoms with Crippen LogP contribution in [-0.2, 0) is 14.4 Å². The molecule has 0 bridgehead atoms. The van der Waals surface area contributed by atoms with E-state index in [0.717, 1.165) is 4.90 Å². The number of rotatable bonds is 4. The van der Waals surface area contributed by atoms with Crippen LogP contribution in [0.1, 0.15) is 6.42 Å². The van der Waals surface area contributed by atoms with Gasteiger partial charge in [-0.05, 0) is 18.2 Å². The molecule has 1 atom stereocenters. The SMILES string of the molecule is CN1C(=O)CC(N(CC(=O)O)c2cccc(Cl)c2)C1=O. The van der Waals surface area contributed by atoms with E-state index in [-0.39, 0.29) is 18.9 Å². The summed E-state index contributed by atoms with van der Waals surface area (Å²) in [5.74, 6) is -1.81. The number of halogens is 1. The quantitative estimate of drug-likeness (QED) is 0.838. The Hall–Kier alpha value is -2.08. The molecule has 0 aromatic heterocycles. The van der Waals surface area contributed by atoms with Crippen LogP contribution >= 0.6 is 11.6 Å². The summed E-state index contributed by atoms with van der Waals surface area (Å²) in [4.78, 5) is 37.0. The van der Waals surface area contributed by atoms with Gasteiger partial charge in [0.1, 0.15) is 12.6 Å². The fourth-order valence-electron chi connectivity index (χ4n) is 2.16. The zero-order chi connectivity index (χ0) is 14.9. The Morgan fingerprint density at radius 3 is 2.70 bits per heavy atom. The summed E-state index contributed by atoms with van der Waals surface area (Å²) in [6.45, 7) is -0.377. The standard InChI is InChI=1S/C13H13ClN2O4/c1-15-11(17)6-10(13(15)20)16(7-12(18)19)9-4-2-3-8(14)5-9/h2-5,10H,6-7H2,1H3,(H,18,19). The average molecular weight is 297 g/mol. The molecule has 1 heterocycles. The molecule has 1 saturated heterocycles. The van der Waals surface area contributed by atoms with Gasteiger partial charge in [-0.1, -0.05) is 17.7 Å². The summed E-state index contributed by atoms with van der Waals surface area (Å²) in [6, 6.07) is 5.74. The van der Waals surface area contributed by atoms with Gasteiger partial charge in [0.25, 0.3) is 5.91 Å². The molecule has 7 heteroatoms. The number of hydrogen-bond acceptors (Lipinski definition) is 4. The number of carboxylic acids is 1. The number of carbonyl (C=O) groups is 3. The molecule has 1 fully saturated rings. The molecule has 1 N–H and O–H groups in total. The van der Waals surface area contributed by atoms with Crippen molar-refractivity contribution in [3.8, 4) is 0 Å². The number of benzene rings is 1. The second-order valence-electron chi connectivity index (χ2n) is 4.51. The number of nitrogens with zero attached hydrogens (tertiary/aromatic N) is 2. The first kappa shape index (κ1) is 14.3. The molecular weight excluding hydrogens is 284 g/mol. The maximum absolute atomic E-state index is 12.0. The largest absolute Gasteiger partial charge is 0.480 e. The number of likely N-dealkylation sites (N-methyl/N-ethyl adjacent to an activating group) is 1. The second kappa shape index (κ2) is 5.50. The first-order chi connectivity index (χ1) is 9.40. The number of anilines is 1. The third kappa shape index (κ3) is 2.75. The molecule has 1 aliphatic rings. The number of amides is 2. The Bertz CT molecular complexity index is 575. The predicted octanol–water partition coefficient (Wildman–Crippen LogP) is 0.988. The summed E-state index contributed by atoms with van der Waals surface area (Å²) in [7, 11) is 1.39. The van der Waals surface area contributed by atoms with Gasteiger partial charge in [0.2, 0.25) is 5.91 Å².